The van der Waals surface area contributed by atoms with Crippen LogP contribution in [-0.2, 0) is 4.79 Å². The van der Waals surface area contributed by atoms with Crippen molar-refractivity contribution >= 4 is 17.5 Å². The minimum atomic E-state index is -1.04. The fourth-order valence-electron chi connectivity index (χ4n) is 1.98. The molecule has 0 radical (unpaired) electrons. The molecule has 1 amide bonds. The van der Waals surface area contributed by atoms with E-state index in [0.717, 1.165) is 5.56 Å². The number of pyridine rings is 1. The molecule has 0 unspecified atom stereocenters. The number of carboxylic acid groups (broad SMARTS) is 1. The van der Waals surface area contributed by atoms with Gasteiger partial charge in [0.1, 0.15) is 17.9 Å². The number of nitrogens with zero attached hydrogens (tertiary/aromatic N) is 3. The number of fused-ring (bicyclic) bond motifs is 1. The Morgan fingerprint density at radius 3 is 2.74 bits per heavy atom. The summed E-state index contributed by atoms with van der Waals surface area (Å²) in [5.41, 5.74) is 2.73. The van der Waals surface area contributed by atoms with E-state index in [-0.39, 0.29) is 12.5 Å². The van der Waals surface area contributed by atoms with Crippen molar-refractivity contribution in [3.8, 4) is 0 Å². The molecule has 2 rings (SSSR count). The van der Waals surface area contributed by atoms with Gasteiger partial charge in [0.2, 0.25) is 0 Å². The van der Waals surface area contributed by atoms with Gasteiger partial charge in [-0.1, -0.05) is 0 Å². The first-order chi connectivity index (χ1) is 8.90. The van der Waals surface area contributed by atoms with Crippen molar-refractivity contribution in [1.29, 1.82) is 0 Å². The number of aliphatic carboxylic acids is 1. The van der Waals surface area contributed by atoms with Crippen LogP contribution in [0.4, 0.5) is 0 Å². The van der Waals surface area contributed by atoms with Gasteiger partial charge in [-0.3, -0.25) is 14.0 Å². The van der Waals surface area contributed by atoms with Gasteiger partial charge in [-0.15, -0.1) is 0 Å². The molecule has 2 aromatic heterocycles. The van der Waals surface area contributed by atoms with Gasteiger partial charge in [0.25, 0.3) is 5.91 Å². The van der Waals surface area contributed by atoms with E-state index in [1.165, 1.54) is 11.9 Å². The van der Waals surface area contributed by atoms with E-state index >= 15 is 0 Å². The molecule has 1 N–H and O–H groups in total. The lowest BCUT2D eigenvalue weighted by atomic mass is 10.3. The molecule has 2 aromatic rings. The van der Waals surface area contributed by atoms with Gasteiger partial charge < -0.3 is 10.0 Å². The molecule has 100 valence electrons. The van der Waals surface area contributed by atoms with Gasteiger partial charge in [-0.25, -0.2) is 4.98 Å². The van der Waals surface area contributed by atoms with Crippen LogP contribution >= 0.6 is 0 Å². The molecule has 0 aromatic carbocycles. The Hall–Kier alpha value is -2.37. The van der Waals surface area contributed by atoms with E-state index in [1.54, 1.807) is 17.5 Å². The monoisotopic (exact) mass is 261 g/mol. The number of aryl methyl sites for hydroxylation is 2. The third-order valence-corrected chi connectivity index (χ3v) is 2.88. The Bertz CT molecular complexity index is 660. The first-order valence-corrected chi connectivity index (χ1v) is 5.82. The van der Waals surface area contributed by atoms with Crippen LogP contribution in [0.15, 0.2) is 18.3 Å². The molecular weight excluding hydrogens is 246 g/mol. The van der Waals surface area contributed by atoms with Gasteiger partial charge in [-0.05, 0) is 31.5 Å². The highest BCUT2D eigenvalue weighted by atomic mass is 16.4. The maximum Gasteiger partial charge on any atom is 0.323 e. The smallest absolute Gasteiger partial charge is 0.323 e. The number of amides is 1. The molecule has 0 atom stereocenters. The van der Waals surface area contributed by atoms with Gasteiger partial charge in [0.05, 0.1) is 5.69 Å². The Morgan fingerprint density at radius 1 is 1.42 bits per heavy atom. The molecule has 0 aliphatic carbocycles. The summed E-state index contributed by atoms with van der Waals surface area (Å²) in [5.74, 6) is -1.39. The van der Waals surface area contributed by atoms with Crippen LogP contribution in [0, 0.1) is 13.8 Å². The van der Waals surface area contributed by atoms with E-state index in [0.29, 0.717) is 17.0 Å². The molecule has 0 spiro atoms. The molecule has 0 aliphatic heterocycles. The van der Waals surface area contributed by atoms with Crippen LogP contribution < -0.4 is 0 Å². The Morgan fingerprint density at radius 2 is 2.11 bits per heavy atom. The lowest BCUT2D eigenvalue weighted by Crippen LogP contribution is -2.33. The van der Waals surface area contributed by atoms with Crippen LogP contribution in [-0.4, -0.2) is 44.9 Å². The molecule has 0 aliphatic rings. The zero-order valence-corrected chi connectivity index (χ0v) is 11.0. The van der Waals surface area contributed by atoms with Crippen LogP contribution in [0.2, 0.25) is 0 Å². The Kier molecular flexibility index (Phi) is 3.25. The number of imidazole rings is 1. The lowest BCUT2D eigenvalue weighted by molar-refractivity contribution is -0.137. The second kappa shape index (κ2) is 4.72. The molecule has 2 heterocycles. The highest BCUT2D eigenvalue weighted by Gasteiger charge is 2.21. The van der Waals surface area contributed by atoms with Crippen molar-refractivity contribution in [1.82, 2.24) is 14.3 Å². The second-order valence-electron chi connectivity index (χ2n) is 4.53. The molecule has 6 nitrogen and oxygen atoms in total. The van der Waals surface area contributed by atoms with E-state index < -0.39 is 5.97 Å². The zero-order chi connectivity index (χ0) is 14.2. The summed E-state index contributed by atoms with van der Waals surface area (Å²) in [6, 6.07) is 3.75. The summed E-state index contributed by atoms with van der Waals surface area (Å²) in [5, 5.41) is 8.73. The molecule has 0 bridgehead atoms. The fraction of sp³-hybridized carbons (Fsp3) is 0.308. The van der Waals surface area contributed by atoms with Gasteiger partial charge in [-0.2, -0.15) is 0 Å². The number of hydrogen-bond donors (Lipinski definition) is 1. The standard InChI is InChI=1S/C13H15N3O3/c1-8-4-5-16-10(6-8)14-9(2)12(16)13(19)15(3)7-11(17)18/h4-6H,7H2,1-3H3,(H,17,18). The summed E-state index contributed by atoms with van der Waals surface area (Å²) in [4.78, 5) is 28.4. The SMILES string of the molecule is Cc1ccn2c(C(=O)N(C)CC(=O)O)c(C)nc2c1. The predicted molar refractivity (Wildman–Crippen MR) is 69.3 cm³/mol. The highest BCUT2D eigenvalue weighted by molar-refractivity contribution is 5.96. The number of carbonyl (C=O) groups excluding carboxylic acids is 1. The minimum Gasteiger partial charge on any atom is -0.480 e. The van der Waals surface area contributed by atoms with E-state index in [2.05, 4.69) is 4.98 Å². The van der Waals surface area contributed by atoms with E-state index in [9.17, 15) is 9.59 Å². The maximum atomic E-state index is 12.3. The number of carboxylic acids is 1. The Balaban J connectivity index is 2.47. The van der Waals surface area contributed by atoms with Crippen molar-refractivity contribution < 1.29 is 14.7 Å². The summed E-state index contributed by atoms with van der Waals surface area (Å²) in [7, 11) is 1.46. The van der Waals surface area contributed by atoms with Crippen molar-refractivity contribution in [2.45, 2.75) is 13.8 Å². The molecule has 19 heavy (non-hydrogen) atoms. The summed E-state index contributed by atoms with van der Waals surface area (Å²) < 4.78 is 1.68. The zero-order valence-electron chi connectivity index (χ0n) is 11.0. The first kappa shape index (κ1) is 13.1. The van der Waals surface area contributed by atoms with Crippen molar-refractivity contribution in [3.63, 3.8) is 0 Å². The molecule has 0 saturated carbocycles. The van der Waals surface area contributed by atoms with E-state index in [4.69, 9.17) is 5.11 Å². The van der Waals surface area contributed by atoms with Crippen molar-refractivity contribution in [3.05, 3.63) is 35.3 Å². The Labute approximate surface area is 110 Å². The van der Waals surface area contributed by atoms with Crippen LogP contribution in [0.5, 0.6) is 0 Å². The second-order valence-corrected chi connectivity index (χ2v) is 4.53. The lowest BCUT2D eigenvalue weighted by Gasteiger charge is -2.14. The average molecular weight is 261 g/mol. The number of rotatable bonds is 3. The summed E-state index contributed by atoms with van der Waals surface area (Å²) >= 11 is 0. The fourth-order valence-corrected chi connectivity index (χ4v) is 1.98. The van der Waals surface area contributed by atoms with Crippen LogP contribution in [0.3, 0.4) is 0 Å². The highest BCUT2D eigenvalue weighted by Crippen LogP contribution is 2.15. The topological polar surface area (TPSA) is 74.9 Å². The molecule has 6 heteroatoms. The summed E-state index contributed by atoms with van der Waals surface area (Å²) in [6.45, 7) is 3.35. The number of aromatic nitrogens is 2. The minimum absolute atomic E-state index is 0.336. The van der Waals surface area contributed by atoms with Crippen molar-refractivity contribution in [2.75, 3.05) is 13.6 Å². The predicted octanol–water partition coefficient (Wildman–Crippen LogP) is 1.11. The van der Waals surface area contributed by atoms with Crippen LogP contribution in [0.1, 0.15) is 21.7 Å². The number of hydrogen-bond acceptors (Lipinski definition) is 3. The van der Waals surface area contributed by atoms with E-state index in [1.807, 2.05) is 19.1 Å². The third kappa shape index (κ3) is 2.42. The van der Waals surface area contributed by atoms with Gasteiger partial charge in [0, 0.05) is 13.2 Å². The van der Waals surface area contributed by atoms with Crippen molar-refractivity contribution in [2.24, 2.45) is 0 Å². The summed E-state index contributed by atoms with van der Waals surface area (Å²) in [6.07, 6.45) is 1.77. The third-order valence-electron chi connectivity index (χ3n) is 2.88. The van der Waals surface area contributed by atoms with Gasteiger partial charge in [0.15, 0.2) is 0 Å². The largest absolute Gasteiger partial charge is 0.480 e. The molecule has 0 fully saturated rings. The number of carbonyl (C=O) groups is 2. The van der Waals surface area contributed by atoms with Gasteiger partial charge >= 0.3 is 5.97 Å². The number of likely N-dealkylation sites (N-methyl/N-ethyl adjacent to an activating group) is 1. The average Bonchev–Trinajstić information content (AvgIpc) is 2.62. The maximum absolute atomic E-state index is 12.3. The normalized spacial score (nSPS) is 10.7. The quantitative estimate of drug-likeness (QED) is 0.898. The molecule has 0 saturated heterocycles. The van der Waals surface area contributed by atoms with Crippen LogP contribution in [0.25, 0.3) is 5.65 Å². The first-order valence-electron chi connectivity index (χ1n) is 5.82. The molecular formula is C13H15N3O3.